The number of hydrogen-bond donors (Lipinski definition) is 2. The van der Waals surface area contributed by atoms with E-state index >= 15 is 0 Å². The number of amides is 2. The van der Waals surface area contributed by atoms with Gasteiger partial charge in [0.25, 0.3) is 0 Å². The molecule has 1 aromatic heterocycles. The first-order chi connectivity index (χ1) is 12.7. The molecule has 0 radical (unpaired) electrons. The molecule has 2 N–H and O–H groups in total. The predicted octanol–water partition coefficient (Wildman–Crippen LogP) is 2.50. The van der Waals surface area contributed by atoms with Crippen LogP contribution in [-0.2, 0) is 17.8 Å². The molecule has 26 heavy (non-hydrogen) atoms. The first-order valence-corrected chi connectivity index (χ1v) is 9.09. The molecule has 1 aromatic carbocycles. The number of morpholine rings is 1. The minimum absolute atomic E-state index is 0.298. The number of nitrogens with zero attached hydrogens (tertiary/aromatic N) is 4. The largest absolute Gasteiger partial charge is 0.378 e. The first kappa shape index (κ1) is 18.5. The van der Waals surface area contributed by atoms with Crippen LogP contribution < -0.4 is 15.5 Å². The third-order valence-electron chi connectivity index (χ3n) is 4.14. The summed E-state index contributed by atoms with van der Waals surface area (Å²) < 4.78 is 7.30. The standard InChI is InChI=1S/C17H23ClN6O2/c1-2-5-24-12-20-22-16(24)11-19-17(25)21-15-10-13(3-4-14(15)18)23-6-8-26-9-7-23/h3-4,10,12H,2,5-9,11H2,1H3,(H2,19,21,25). The van der Waals surface area contributed by atoms with Gasteiger partial charge in [0.05, 0.1) is 30.5 Å². The Labute approximate surface area is 157 Å². The summed E-state index contributed by atoms with van der Waals surface area (Å²) in [7, 11) is 0. The SMILES string of the molecule is CCCn1cnnc1CNC(=O)Nc1cc(N2CCOCC2)ccc1Cl. The lowest BCUT2D eigenvalue weighted by atomic mass is 10.2. The van der Waals surface area contributed by atoms with Gasteiger partial charge in [-0.1, -0.05) is 18.5 Å². The molecule has 1 fully saturated rings. The lowest BCUT2D eigenvalue weighted by Gasteiger charge is -2.29. The zero-order chi connectivity index (χ0) is 18.4. The van der Waals surface area contributed by atoms with Crippen LogP contribution in [0.4, 0.5) is 16.2 Å². The van der Waals surface area contributed by atoms with E-state index in [4.69, 9.17) is 16.3 Å². The lowest BCUT2D eigenvalue weighted by molar-refractivity contribution is 0.122. The van der Waals surface area contributed by atoms with Crippen LogP contribution in [0, 0.1) is 0 Å². The Morgan fingerprint density at radius 2 is 2.15 bits per heavy atom. The van der Waals surface area contributed by atoms with Gasteiger partial charge in [-0.15, -0.1) is 10.2 Å². The van der Waals surface area contributed by atoms with Gasteiger partial charge in [-0.25, -0.2) is 4.79 Å². The zero-order valence-corrected chi connectivity index (χ0v) is 15.5. The van der Waals surface area contributed by atoms with Crippen molar-refractivity contribution in [1.29, 1.82) is 0 Å². The van der Waals surface area contributed by atoms with Crippen molar-refractivity contribution in [1.82, 2.24) is 20.1 Å². The first-order valence-electron chi connectivity index (χ1n) is 8.71. The number of carbonyl (C=O) groups excluding carboxylic acids is 1. The van der Waals surface area contributed by atoms with Crippen LogP contribution in [0.3, 0.4) is 0 Å². The van der Waals surface area contributed by atoms with E-state index in [1.54, 1.807) is 12.4 Å². The number of benzene rings is 1. The fourth-order valence-electron chi connectivity index (χ4n) is 2.80. The molecule has 2 amide bonds. The number of nitrogens with one attached hydrogen (secondary N) is 2. The van der Waals surface area contributed by atoms with Crippen molar-refractivity contribution in [3.8, 4) is 0 Å². The Morgan fingerprint density at radius 1 is 1.35 bits per heavy atom. The molecule has 3 rings (SSSR count). The van der Waals surface area contributed by atoms with Crippen LogP contribution in [0.2, 0.25) is 5.02 Å². The van der Waals surface area contributed by atoms with E-state index in [1.807, 2.05) is 16.7 Å². The van der Waals surface area contributed by atoms with E-state index < -0.39 is 0 Å². The summed E-state index contributed by atoms with van der Waals surface area (Å²) in [6.07, 6.45) is 2.64. The molecule has 0 unspecified atom stereocenters. The molecule has 0 atom stereocenters. The van der Waals surface area contributed by atoms with Gasteiger partial charge in [0.15, 0.2) is 5.82 Å². The topological polar surface area (TPSA) is 84.3 Å². The average molecular weight is 379 g/mol. The summed E-state index contributed by atoms with van der Waals surface area (Å²) in [6, 6.07) is 5.29. The Balaban J connectivity index is 1.60. The second-order valence-corrected chi connectivity index (χ2v) is 6.42. The molecular weight excluding hydrogens is 356 g/mol. The second kappa shape index (κ2) is 8.86. The van der Waals surface area contributed by atoms with E-state index in [0.717, 1.165) is 37.6 Å². The van der Waals surface area contributed by atoms with E-state index in [1.165, 1.54) is 0 Å². The lowest BCUT2D eigenvalue weighted by Crippen LogP contribution is -2.36. The highest BCUT2D eigenvalue weighted by Crippen LogP contribution is 2.28. The Kier molecular flexibility index (Phi) is 6.30. The Morgan fingerprint density at radius 3 is 2.92 bits per heavy atom. The molecule has 140 valence electrons. The monoisotopic (exact) mass is 378 g/mol. The van der Waals surface area contributed by atoms with Gasteiger partial charge >= 0.3 is 6.03 Å². The molecule has 0 aliphatic carbocycles. The van der Waals surface area contributed by atoms with Crippen LogP contribution in [0.25, 0.3) is 0 Å². The maximum Gasteiger partial charge on any atom is 0.319 e. The van der Waals surface area contributed by atoms with Crippen LogP contribution in [0.1, 0.15) is 19.2 Å². The highest BCUT2D eigenvalue weighted by molar-refractivity contribution is 6.33. The minimum Gasteiger partial charge on any atom is -0.378 e. The number of ether oxygens (including phenoxy) is 1. The van der Waals surface area contributed by atoms with E-state index in [9.17, 15) is 4.79 Å². The van der Waals surface area contributed by atoms with Crippen LogP contribution in [0.15, 0.2) is 24.5 Å². The molecule has 1 saturated heterocycles. The van der Waals surface area contributed by atoms with E-state index in [-0.39, 0.29) is 6.03 Å². The number of anilines is 2. The number of hydrogen-bond acceptors (Lipinski definition) is 5. The van der Waals surface area contributed by atoms with Crippen molar-refractivity contribution in [2.24, 2.45) is 0 Å². The van der Waals surface area contributed by atoms with Crippen molar-refractivity contribution in [2.75, 3.05) is 36.5 Å². The minimum atomic E-state index is -0.336. The molecule has 0 bridgehead atoms. The molecular formula is C17H23ClN6O2. The number of carbonyl (C=O) groups is 1. The maximum atomic E-state index is 12.2. The number of aromatic nitrogens is 3. The summed E-state index contributed by atoms with van der Waals surface area (Å²) in [5.41, 5.74) is 1.58. The van der Waals surface area contributed by atoms with Crippen LogP contribution >= 0.6 is 11.6 Å². The quantitative estimate of drug-likeness (QED) is 0.806. The number of aryl methyl sites for hydroxylation is 1. The van der Waals surface area contributed by atoms with Crippen LogP contribution in [0.5, 0.6) is 0 Å². The predicted molar refractivity (Wildman–Crippen MR) is 101 cm³/mol. The number of urea groups is 1. The van der Waals surface area contributed by atoms with Gasteiger partial charge in [-0.05, 0) is 24.6 Å². The second-order valence-electron chi connectivity index (χ2n) is 6.01. The zero-order valence-electron chi connectivity index (χ0n) is 14.7. The average Bonchev–Trinajstić information content (AvgIpc) is 3.10. The van der Waals surface area contributed by atoms with Gasteiger partial charge in [0, 0.05) is 25.3 Å². The van der Waals surface area contributed by atoms with Crippen molar-refractivity contribution >= 4 is 29.0 Å². The van der Waals surface area contributed by atoms with Gasteiger partial charge in [0.1, 0.15) is 6.33 Å². The van der Waals surface area contributed by atoms with E-state index in [2.05, 4.69) is 32.7 Å². The molecule has 0 saturated carbocycles. The molecule has 0 spiro atoms. The Hall–Kier alpha value is -2.32. The normalized spacial score (nSPS) is 14.3. The molecule has 1 aliphatic heterocycles. The highest BCUT2D eigenvalue weighted by Gasteiger charge is 2.14. The van der Waals surface area contributed by atoms with Gasteiger partial charge in [-0.3, -0.25) is 0 Å². The summed E-state index contributed by atoms with van der Waals surface area (Å²) >= 11 is 6.23. The fraction of sp³-hybridized carbons (Fsp3) is 0.471. The summed E-state index contributed by atoms with van der Waals surface area (Å²) in [5, 5.41) is 14.0. The molecule has 2 aromatic rings. The summed E-state index contributed by atoms with van der Waals surface area (Å²) in [6.45, 7) is 6.23. The van der Waals surface area contributed by atoms with Crippen molar-refractivity contribution in [3.63, 3.8) is 0 Å². The molecule has 1 aliphatic rings. The molecule has 9 heteroatoms. The summed E-state index contributed by atoms with van der Waals surface area (Å²) in [4.78, 5) is 14.4. The molecule has 8 nitrogen and oxygen atoms in total. The number of halogens is 1. The highest BCUT2D eigenvalue weighted by atomic mass is 35.5. The van der Waals surface area contributed by atoms with Gasteiger partial charge in [0.2, 0.25) is 0 Å². The fourth-order valence-corrected chi connectivity index (χ4v) is 2.96. The third kappa shape index (κ3) is 4.64. The summed E-state index contributed by atoms with van der Waals surface area (Å²) in [5.74, 6) is 0.718. The van der Waals surface area contributed by atoms with Crippen LogP contribution in [-0.4, -0.2) is 47.1 Å². The van der Waals surface area contributed by atoms with Crippen molar-refractivity contribution in [3.05, 3.63) is 35.4 Å². The third-order valence-corrected chi connectivity index (χ3v) is 4.47. The molecule has 2 heterocycles. The van der Waals surface area contributed by atoms with Crippen molar-refractivity contribution in [2.45, 2.75) is 26.4 Å². The maximum absolute atomic E-state index is 12.2. The van der Waals surface area contributed by atoms with Crippen molar-refractivity contribution < 1.29 is 9.53 Å². The van der Waals surface area contributed by atoms with Gasteiger partial charge in [-0.2, -0.15) is 0 Å². The van der Waals surface area contributed by atoms with Gasteiger partial charge < -0.3 is 24.8 Å². The number of rotatable bonds is 6. The Bertz CT molecular complexity index is 745. The smallest absolute Gasteiger partial charge is 0.319 e. The van der Waals surface area contributed by atoms with E-state index in [0.29, 0.717) is 30.5 Å².